The van der Waals surface area contributed by atoms with Crippen molar-refractivity contribution >= 4 is 125 Å². The molecule has 0 N–H and O–H groups in total. The molecule has 0 aliphatic heterocycles. The molecule has 4 aromatic heterocycles. The molecule has 0 aliphatic rings. The largest absolute Gasteiger partial charge is 0.414 e. The minimum Gasteiger partial charge on any atom is -0.414 e. The number of aryl methyl sites for hydroxylation is 12. The smallest absolute Gasteiger partial charge is 0.283 e. The minimum absolute atomic E-state index is 0. The van der Waals surface area contributed by atoms with E-state index in [2.05, 4.69) is 311 Å². The average Bonchev–Trinajstić information content (AvgIpc) is 0.791. The van der Waals surface area contributed by atoms with Gasteiger partial charge in [-0.3, -0.25) is 39.9 Å². The van der Waals surface area contributed by atoms with Crippen LogP contribution in [-0.2, 0) is 84.8 Å². The van der Waals surface area contributed by atoms with Crippen LogP contribution >= 0.6 is 0 Å². The Morgan fingerprint density at radius 3 is 0.523 bits per heavy atom. The Bertz CT molecular complexity index is 5330. The van der Waals surface area contributed by atoms with E-state index in [1.807, 2.05) is 152 Å². The van der Waals surface area contributed by atoms with Gasteiger partial charge in [-0.05, 0) is 278 Å². The van der Waals surface area contributed by atoms with Crippen LogP contribution in [0.25, 0.3) is 0 Å². The second-order valence-electron chi connectivity index (χ2n) is 33.0. The van der Waals surface area contributed by atoms with Crippen LogP contribution in [0.2, 0.25) is 26.2 Å². The Balaban J connectivity index is -0.000000220. The van der Waals surface area contributed by atoms with Crippen molar-refractivity contribution in [1.82, 2.24) is 19.9 Å². The van der Waals surface area contributed by atoms with Crippen molar-refractivity contribution in [3.8, 4) is 0 Å². The maximum absolute atomic E-state index is 5.95. The molecule has 24 heteroatoms. The first-order valence-electron chi connectivity index (χ1n) is 45.7. The van der Waals surface area contributed by atoms with Gasteiger partial charge in [0, 0.05) is 95.3 Å². The summed E-state index contributed by atoms with van der Waals surface area (Å²) in [7, 11) is 3.87. The topological polar surface area (TPSA) is 187 Å². The van der Waals surface area contributed by atoms with Crippen LogP contribution in [0.4, 0.5) is 22.7 Å². The molecule has 16 nitrogen and oxygen atoms in total. The van der Waals surface area contributed by atoms with Gasteiger partial charge in [0.25, 0.3) is 18.1 Å². The van der Waals surface area contributed by atoms with Crippen LogP contribution in [0.15, 0.2) is 333 Å². The first kappa shape index (κ1) is 156. The van der Waals surface area contributed by atoms with Gasteiger partial charge in [-0.1, -0.05) is 278 Å². The monoisotopic (exact) mass is 2260 g/mol. The van der Waals surface area contributed by atoms with E-state index in [0.29, 0.717) is 26.4 Å². The normalized spacial score (nSPS) is 10.7. The summed E-state index contributed by atoms with van der Waals surface area (Å²) in [5.41, 5.74) is 33.2. The van der Waals surface area contributed by atoms with Gasteiger partial charge in [0.05, 0.1) is 140 Å². The molecule has 12 aromatic rings. The standard InChI is InChI=1S/2C27H31N3.2C15H15OSi.2C11H15N3.2C5H11OSi.5CH4.4CH3.4Co/c2*1-16-12-18(3)26(19(4)13-16)28-22(7)24-10-9-11-25(30-24)23(8)29-27-20(5)14-17(2)15-21(27)6;2*1-2-13-16-17(14-9-5-3-6-10-14)15-11-7-4-8-12-15;2*1-8(12-3)10-6-5-7-11(14-10)9(2)13-4;2*1-4-5-6-7(2)3;;;;;;;;;;;;;/h2*9-15H,1-8H3;2*2-12H,1,13H2;2*5-7H,1-4H3;2*4H,1,5H2,2-3H3;5*1H4;4*1H3;;;;/q;;;;;;;;;;;;;4*-1;;;;. The number of aromatic nitrogens is 4. The first-order chi connectivity index (χ1) is 65.0. The summed E-state index contributed by atoms with van der Waals surface area (Å²) < 4.78 is 22.2. The number of hydrogen-bond donors (Lipinski definition) is 0. The molecule has 0 fully saturated rings. The number of pyridine rings is 4. The van der Waals surface area contributed by atoms with Gasteiger partial charge in [0.15, 0.2) is 0 Å². The van der Waals surface area contributed by atoms with Gasteiger partial charge >= 0.3 is 0 Å². The van der Waals surface area contributed by atoms with Crippen molar-refractivity contribution in [1.29, 1.82) is 0 Å². The molecule has 0 amide bonds. The van der Waals surface area contributed by atoms with E-state index in [0.717, 1.165) is 114 Å². The number of nitrogens with zero attached hydrogens (tertiary/aromatic N) is 12. The number of benzene rings is 8. The summed E-state index contributed by atoms with van der Waals surface area (Å²) in [5.74, 6) is 0. The van der Waals surface area contributed by atoms with Crippen LogP contribution < -0.4 is 20.7 Å². The van der Waals surface area contributed by atoms with E-state index in [1.165, 1.54) is 87.5 Å². The predicted molar refractivity (Wildman–Crippen MR) is 654 cm³/mol. The molecule has 0 saturated carbocycles. The van der Waals surface area contributed by atoms with Gasteiger partial charge in [0.2, 0.25) is 18.1 Å². The van der Waals surface area contributed by atoms with Crippen LogP contribution in [0, 0.1) is 113 Å². The van der Waals surface area contributed by atoms with Gasteiger partial charge in [-0.2, -0.15) is 0 Å². The van der Waals surface area contributed by atoms with Crippen molar-refractivity contribution in [3.05, 3.63) is 435 Å². The van der Waals surface area contributed by atoms with Gasteiger partial charge < -0.3 is 47.4 Å². The van der Waals surface area contributed by atoms with Crippen molar-refractivity contribution in [2.24, 2.45) is 39.9 Å². The summed E-state index contributed by atoms with van der Waals surface area (Å²) >= 11 is 0. The zero-order valence-electron chi connectivity index (χ0n) is 91.4. The van der Waals surface area contributed by atoms with Gasteiger partial charge in [0.1, 0.15) is 0 Å². The molecule has 0 atom stereocenters. The minimum atomic E-state index is -1.13. The maximum atomic E-state index is 5.95. The maximum Gasteiger partial charge on any atom is 0.283 e. The second-order valence-corrected chi connectivity index (χ2v) is 41.4. The Morgan fingerprint density at radius 1 is 0.242 bits per heavy atom. The molecule has 0 aliphatic carbocycles. The summed E-state index contributed by atoms with van der Waals surface area (Å²) in [5, 5.41) is 5.08. The quantitative estimate of drug-likeness (QED) is 0.0200. The molecule has 0 bridgehead atoms. The number of aliphatic imine (C=N–C) groups is 8. The van der Waals surface area contributed by atoms with Crippen molar-refractivity contribution in [2.75, 3.05) is 54.6 Å². The average molecular weight is 2260 g/mol. The van der Waals surface area contributed by atoms with Crippen LogP contribution in [0.3, 0.4) is 0 Å². The molecule has 0 saturated heterocycles. The molecule has 8 aromatic carbocycles. The summed E-state index contributed by atoms with van der Waals surface area (Å²) in [4.78, 5) is 54.6. The van der Waals surface area contributed by atoms with Crippen LogP contribution in [0.1, 0.15) is 205 Å². The van der Waals surface area contributed by atoms with Gasteiger partial charge in [-0.25, -0.2) is 19.9 Å². The van der Waals surface area contributed by atoms with Crippen molar-refractivity contribution < 1.29 is 84.8 Å². The molecule has 816 valence electrons. The Labute approximate surface area is 953 Å². The fraction of sp³-hybridized carbons (Fsp3) is 0.296. The Morgan fingerprint density at radius 2 is 0.389 bits per heavy atom. The summed E-state index contributed by atoms with van der Waals surface area (Å²) in [6.45, 7) is 66.7. The third-order valence-electron chi connectivity index (χ3n) is 20.8. The molecule has 8 radical (unpaired) electrons. The van der Waals surface area contributed by atoms with E-state index in [-0.39, 0.29) is 134 Å². The summed E-state index contributed by atoms with van der Waals surface area (Å²) in [6, 6.07) is 82.8. The zero-order valence-corrected chi connectivity index (χ0v) is 99.6. The molecular formula is C125H176Co4N12O4Si4-4. The van der Waals surface area contributed by atoms with Crippen LogP contribution in [0.5, 0.6) is 0 Å². The number of hydrogen-bond acceptors (Lipinski definition) is 16. The van der Waals surface area contributed by atoms with Crippen LogP contribution in [-0.4, -0.2) is 156 Å². The van der Waals surface area contributed by atoms with E-state index in [9.17, 15) is 0 Å². The third kappa shape index (κ3) is 55.3. The van der Waals surface area contributed by atoms with E-state index in [1.54, 1.807) is 52.5 Å². The second kappa shape index (κ2) is 85.0. The van der Waals surface area contributed by atoms with E-state index in [4.69, 9.17) is 47.6 Å². The zero-order chi connectivity index (χ0) is 100. The molecule has 0 unspecified atom stereocenters. The van der Waals surface area contributed by atoms with Crippen molar-refractivity contribution in [2.45, 2.75) is 202 Å². The summed E-state index contributed by atoms with van der Waals surface area (Å²) in [6.07, 6.45) is 7.16. The van der Waals surface area contributed by atoms with Gasteiger partial charge in [-0.15, -0.1) is 26.3 Å². The predicted octanol–water partition coefficient (Wildman–Crippen LogP) is 30.2. The number of rotatable bonds is 28. The van der Waals surface area contributed by atoms with Crippen molar-refractivity contribution in [3.63, 3.8) is 0 Å². The Hall–Kier alpha value is -10.6. The first-order valence-corrected chi connectivity index (χ1v) is 53.4. The third-order valence-corrected chi connectivity index (χ3v) is 26.6. The molecule has 12 rings (SSSR count). The SMILES string of the molecule is C.C.C.C.C.C=CCO[Si](C)C.C=CCO[Si](C)C.C=CCO[Si](c1ccccc1)c1ccccc1.C=CCO[Si](c1ccccc1)c1ccccc1.CC(=Nc1c(C)cc(C)cc1C)c1cccc(C(C)=Nc2c(C)cc(C)cc2C)n1.CC(=Nc1c(C)cc(C)cc1C)c1cccc(C(C)=Nc2c(C)cc(C)cc2C)n1.CN=C(C)c1cccc(C(C)=NC)n1.CN=C(C)c1cccc(C(C)=NC)n1.[CH3-].[CH3-].[CH3-].[CH3-].[Co].[Co].[Co].[Co]. The molecule has 4 heterocycles. The molecule has 0 spiro atoms. The molecular weight excluding hydrogens is 2080 g/mol. The van der Waals surface area contributed by atoms with E-state index >= 15 is 0 Å². The fourth-order valence-corrected chi connectivity index (χ4v) is 18.7. The Kier molecular flexibility index (Phi) is 89.1. The molecule has 149 heavy (non-hydrogen) atoms. The fourth-order valence-electron chi connectivity index (χ4n) is 13.9. The van der Waals surface area contributed by atoms with E-state index < -0.39 is 36.2 Å².